The topological polar surface area (TPSA) is 82.1 Å². The van der Waals surface area contributed by atoms with Gasteiger partial charge in [0.15, 0.2) is 11.4 Å². The lowest BCUT2D eigenvalue weighted by molar-refractivity contribution is 0.181. The molecule has 0 amide bonds. The van der Waals surface area contributed by atoms with E-state index in [0.29, 0.717) is 24.2 Å². The first-order chi connectivity index (χ1) is 13.3. The zero-order valence-corrected chi connectivity index (χ0v) is 16.0. The van der Waals surface area contributed by atoms with Gasteiger partial charge in [-0.05, 0) is 30.9 Å². The van der Waals surface area contributed by atoms with Crippen molar-refractivity contribution in [3.8, 4) is 0 Å². The summed E-state index contributed by atoms with van der Waals surface area (Å²) >= 11 is 0. The van der Waals surface area contributed by atoms with Crippen LogP contribution in [-0.2, 0) is 24.1 Å². The minimum atomic E-state index is 0.497. The van der Waals surface area contributed by atoms with Crippen LogP contribution in [0.4, 0.5) is 6.01 Å². The SMILES string of the molecule is CCc1nc(CC2CCCN(c3nc4ncccc4o3)C2)n(CCOC)n1. The lowest BCUT2D eigenvalue weighted by atomic mass is 9.94. The van der Waals surface area contributed by atoms with Crippen LogP contribution >= 0.6 is 0 Å². The van der Waals surface area contributed by atoms with Crippen LogP contribution in [0.1, 0.15) is 31.4 Å². The molecule has 3 aromatic rings. The number of nitrogens with zero attached hydrogens (tertiary/aromatic N) is 6. The molecule has 144 valence electrons. The highest BCUT2D eigenvalue weighted by atomic mass is 16.5. The molecule has 0 bridgehead atoms. The summed E-state index contributed by atoms with van der Waals surface area (Å²) in [4.78, 5) is 15.8. The lowest BCUT2D eigenvalue weighted by Gasteiger charge is -2.31. The molecule has 1 atom stereocenters. The summed E-state index contributed by atoms with van der Waals surface area (Å²) in [6, 6.07) is 4.45. The van der Waals surface area contributed by atoms with E-state index in [4.69, 9.17) is 14.1 Å². The number of aryl methyl sites for hydroxylation is 1. The van der Waals surface area contributed by atoms with E-state index in [-0.39, 0.29) is 0 Å². The van der Waals surface area contributed by atoms with Gasteiger partial charge in [0.1, 0.15) is 5.82 Å². The summed E-state index contributed by atoms with van der Waals surface area (Å²) in [5.74, 6) is 2.45. The largest absolute Gasteiger partial charge is 0.422 e. The standard InChI is InChI=1S/C19H26N6O2/c1-3-16-21-17(25(23-16)10-11-26-2)12-14-6-5-9-24(13-14)19-22-18-15(27-19)7-4-8-20-18/h4,7-8,14H,3,5-6,9-13H2,1-2H3. The van der Waals surface area contributed by atoms with Crippen LogP contribution in [0.15, 0.2) is 22.7 Å². The first-order valence-electron chi connectivity index (χ1n) is 9.65. The van der Waals surface area contributed by atoms with E-state index in [1.807, 2.05) is 16.8 Å². The zero-order valence-electron chi connectivity index (χ0n) is 16.0. The Hall–Kier alpha value is -2.48. The molecule has 0 aromatic carbocycles. The number of pyridine rings is 1. The molecular weight excluding hydrogens is 344 g/mol. The van der Waals surface area contributed by atoms with Crippen molar-refractivity contribution in [2.75, 3.05) is 31.7 Å². The van der Waals surface area contributed by atoms with Gasteiger partial charge in [-0.15, -0.1) is 0 Å². The van der Waals surface area contributed by atoms with E-state index >= 15 is 0 Å². The number of fused-ring (bicyclic) bond motifs is 1. The molecule has 4 rings (SSSR count). The Morgan fingerprint density at radius 3 is 3.07 bits per heavy atom. The summed E-state index contributed by atoms with van der Waals surface area (Å²) < 4.78 is 13.1. The predicted molar refractivity (Wildman–Crippen MR) is 102 cm³/mol. The Morgan fingerprint density at radius 2 is 2.26 bits per heavy atom. The number of aromatic nitrogens is 5. The van der Waals surface area contributed by atoms with Gasteiger partial charge in [0.25, 0.3) is 6.01 Å². The second-order valence-corrected chi connectivity index (χ2v) is 6.99. The lowest BCUT2D eigenvalue weighted by Crippen LogP contribution is -2.36. The van der Waals surface area contributed by atoms with Crippen LogP contribution in [-0.4, -0.2) is 51.5 Å². The molecule has 27 heavy (non-hydrogen) atoms. The number of hydrogen-bond donors (Lipinski definition) is 0. The van der Waals surface area contributed by atoms with Gasteiger partial charge in [-0.25, -0.2) is 14.6 Å². The fourth-order valence-electron chi connectivity index (χ4n) is 3.64. The quantitative estimate of drug-likeness (QED) is 0.632. The molecule has 1 unspecified atom stereocenters. The third kappa shape index (κ3) is 3.95. The number of ether oxygens (including phenoxy) is 1. The van der Waals surface area contributed by atoms with E-state index in [2.05, 4.69) is 26.9 Å². The van der Waals surface area contributed by atoms with Crippen molar-refractivity contribution in [2.45, 2.75) is 39.2 Å². The molecule has 8 nitrogen and oxygen atoms in total. The minimum Gasteiger partial charge on any atom is -0.422 e. The molecular formula is C19H26N6O2. The molecule has 3 aromatic heterocycles. The first kappa shape index (κ1) is 17.9. The molecule has 0 spiro atoms. The smallest absolute Gasteiger partial charge is 0.299 e. The number of rotatable bonds is 7. The van der Waals surface area contributed by atoms with Crippen molar-refractivity contribution in [2.24, 2.45) is 5.92 Å². The molecule has 0 N–H and O–H groups in total. The minimum absolute atomic E-state index is 0.497. The maximum absolute atomic E-state index is 5.91. The molecule has 0 saturated carbocycles. The van der Waals surface area contributed by atoms with Gasteiger partial charge in [-0.3, -0.25) is 0 Å². The van der Waals surface area contributed by atoms with E-state index < -0.39 is 0 Å². The van der Waals surface area contributed by atoms with Crippen molar-refractivity contribution < 1.29 is 9.15 Å². The van der Waals surface area contributed by atoms with Gasteiger partial charge in [0.05, 0.1) is 13.2 Å². The van der Waals surface area contributed by atoms with Crippen molar-refractivity contribution in [3.63, 3.8) is 0 Å². The second kappa shape index (κ2) is 8.04. The fraction of sp³-hybridized carbons (Fsp3) is 0.579. The molecule has 0 radical (unpaired) electrons. The van der Waals surface area contributed by atoms with Crippen molar-refractivity contribution in [1.29, 1.82) is 0 Å². The molecule has 4 heterocycles. The van der Waals surface area contributed by atoms with E-state index in [1.54, 1.807) is 13.3 Å². The highest BCUT2D eigenvalue weighted by Crippen LogP contribution is 2.27. The van der Waals surface area contributed by atoms with E-state index in [0.717, 1.165) is 56.1 Å². The van der Waals surface area contributed by atoms with Crippen molar-refractivity contribution in [1.82, 2.24) is 24.7 Å². The maximum atomic E-state index is 5.91. The van der Waals surface area contributed by atoms with Gasteiger partial charge >= 0.3 is 0 Å². The third-order valence-electron chi connectivity index (χ3n) is 5.03. The summed E-state index contributed by atoms with van der Waals surface area (Å²) in [5.41, 5.74) is 1.41. The second-order valence-electron chi connectivity index (χ2n) is 6.99. The fourth-order valence-corrected chi connectivity index (χ4v) is 3.64. The summed E-state index contributed by atoms with van der Waals surface area (Å²) in [5, 5.41) is 4.61. The number of oxazole rings is 1. The molecule has 8 heteroatoms. The summed E-state index contributed by atoms with van der Waals surface area (Å²) in [6.07, 6.45) is 5.79. The average molecular weight is 370 g/mol. The van der Waals surface area contributed by atoms with E-state index in [9.17, 15) is 0 Å². The Balaban J connectivity index is 1.47. The highest BCUT2D eigenvalue weighted by Gasteiger charge is 2.25. The van der Waals surface area contributed by atoms with Crippen LogP contribution < -0.4 is 4.90 Å². The third-order valence-corrected chi connectivity index (χ3v) is 5.03. The summed E-state index contributed by atoms with van der Waals surface area (Å²) in [6.45, 7) is 5.34. The Kier molecular flexibility index (Phi) is 5.33. The Morgan fingerprint density at radius 1 is 1.33 bits per heavy atom. The normalized spacial score (nSPS) is 17.7. The monoisotopic (exact) mass is 370 g/mol. The van der Waals surface area contributed by atoms with Gasteiger partial charge in [-0.1, -0.05) is 6.92 Å². The van der Waals surface area contributed by atoms with Gasteiger partial charge < -0.3 is 14.1 Å². The number of anilines is 1. The Bertz CT molecular complexity index is 856. The molecule has 1 aliphatic heterocycles. The van der Waals surface area contributed by atoms with Crippen molar-refractivity contribution >= 4 is 17.2 Å². The molecule has 0 aliphatic carbocycles. The number of piperidine rings is 1. The first-order valence-corrected chi connectivity index (χ1v) is 9.65. The van der Waals surface area contributed by atoms with Crippen LogP contribution in [0.25, 0.3) is 11.2 Å². The molecule has 1 aliphatic rings. The van der Waals surface area contributed by atoms with E-state index in [1.165, 1.54) is 6.42 Å². The number of methoxy groups -OCH3 is 1. The summed E-state index contributed by atoms with van der Waals surface area (Å²) in [7, 11) is 1.71. The highest BCUT2D eigenvalue weighted by molar-refractivity contribution is 5.69. The maximum Gasteiger partial charge on any atom is 0.299 e. The average Bonchev–Trinajstić information content (AvgIpc) is 3.30. The zero-order chi connectivity index (χ0) is 18.6. The van der Waals surface area contributed by atoms with Crippen LogP contribution in [0, 0.1) is 5.92 Å². The van der Waals surface area contributed by atoms with Crippen LogP contribution in [0.2, 0.25) is 0 Å². The van der Waals surface area contributed by atoms with Crippen molar-refractivity contribution in [3.05, 3.63) is 30.0 Å². The molecule has 1 saturated heterocycles. The van der Waals surface area contributed by atoms with Crippen LogP contribution in [0.5, 0.6) is 0 Å². The van der Waals surface area contributed by atoms with Gasteiger partial charge in [-0.2, -0.15) is 10.1 Å². The molecule has 1 fully saturated rings. The van der Waals surface area contributed by atoms with Gasteiger partial charge in [0, 0.05) is 39.2 Å². The van der Waals surface area contributed by atoms with Gasteiger partial charge in [0.2, 0.25) is 5.65 Å². The number of hydrogen-bond acceptors (Lipinski definition) is 7. The Labute approximate surface area is 158 Å². The van der Waals surface area contributed by atoms with Crippen LogP contribution in [0.3, 0.4) is 0 Å². The predicted octanol–water partition coefficient (Wildman–Crippen LogP) is 2.48.